The summed E-state index contributed by atoms with van der Waals surface area (Å²) in [6, 6.07) is 10.3. The van der Waals surface area contributed by atoms with Gasteiger partial charge in [-0.25, -0.2) is 4.68 Å². The number of rotatable bonds is 4. The summed E-state index contributed by atoms with van der Waals surface area (Å²) in [5, 5.41) is 14.4. The van der Waals surface area contributed by atoms with Crippen molar-refractivity contribution in [2.75, 3.05) is 26.3 Å². The fourth-order valence-corrected chi connectivity index (χ4v) is 4.48. The summed E-state index contributed by atoms with van der Waals surface area (Å²) in [5.74, 6) is -0.564. The van der Waals surface area contributed by atoms with Gasteiger partial charge in [0.05, 0.1) is 18.0 Å². The zero-order valence-corrected chi connectivity index (χ0v) is 15.3. The van der Waals surface area contributed by atoms with Gasteiger partial charge in [-0.1, -0.05) is 18.2 Å². The van der Waals surface area contributed by atoms with Gasteiger partial charge in [-0.2, -0.15) is 5.10 Å². The number of nitrogens with zero attached hydrogens (tertiary/aromatic N) is 3. The van der Waals surface area contributed by atoms with E-state index < -0.39 is 11.4 Å². The predicted octanol–water partition coefficient (Wildman–Crippen LogP) is 2.41. The minimum Gasteiger partial charge on any atom is -0.481 e. The molecule has 0 amide bonds. The third-order valence-electron chi connectivity index (χ3n) is 5.79. The van der Waals surface area contributed by atoms with Gasteiger partial charge in [0.2, 0.25) is 0 Å². The Hall–Kier alpha value is -2.18. The van der Waals surface area contributed by atoms with Crippen LogP contribution in [-0.2, 0) is 16.1 Å². The zero-order valence-electron chi connectivity index (χ0n) is 15.3. The van der Waals surface area contributed by atoms with Gasteiger partial charge in [0.1, 0.15) is 5.41 Å². The fourth-order valence-electron chi connectivity index (χ4n) is 4.48. The molecule has 0 radical (unpaired) electrons. The molecule has 0 spiro atoms. The summed E-state index contributed by atoms with van der Waals surface area (Å²) in [6.07, 6.45) is 0.821. The molecule has 0 bridgehead atoms. The molecule has 0 aliphatic carbocycles. The lowest BCUT2D eigenvalue weighted by Crippen LogP contribution is -2.46. The highest BCUT2D eigenvalue weighted by Gasteiger charge is 2.54. The van der Waals surface area contributed by atoms with Crippen LogP contribution >= 0.6 is 0 Å². The quantitative estimate of drug-likeness (QED) is 0.912. The van der Waals surface area contributed by atoms with Crippen molar-refractivity contribution < 1.29 is 14.6 Å². The van der Waals surface area contributed by atoms with Gasteiger partial charge in [0, 0.05) is 31.9 Å². The molecule has 4 rings (SSSR count). The zero-order chi connectivity index (χ0) is 18.3. The highest BCUT2D eigenvalue weighted by Crippen LogP contribution is 2.42. The Kier molecular flexibility index (Phi) is 4.32. The summed E-state index contributed by atoms with van der Waals surface area (Å²) in [4.78, 5) is 14.2. The van der Waals surface area contributed by atoms with Crippen LogP contribution in [0.5, 0.6) is 0 Å². The van der Waals surface area contributed by atoms with Crippen LogP contribution in [0.4, 0.5) is 0 Å². The first kappa shape index (κ1) is 17.2. The van der Waals surface area contributed by atoms with Crippen LogP contribution in [0, 0.1) is 25.2 Å². The molecule has 0 unspecified atom stereocenters. The number of aryl methyl sites for hydroxylation is 2. The number of hydrogen-bond donors (Lipinski definition) is 1. The molecule has 2 aliphatic heterocycles. The second-order valence-corrected chi connectivity index (χ2v) is 7.64. The maximum atomic E-state index is 12.0. The highest BCUT2D eigenvalue weighted by atomic mass is 16.5. The van der Waals surface area contributed by atoms with Crippen molar-refractivity contribution in [3.05, 3.63) is 47.3 Å². The summed E-state index contributed by atoms with van der Waals surface area (Å²) in [6.45, 7) is 7.10. The first-order valence-electron chi connectivity index (χ1n) is 9.15. The third-order valence-corrected chi connectivity index (χ3v) is 5.79. The molecule has 6 heteroatoms. The Bertz CT molecular complexity index is 831. The lowest BCUT2D eigenvalue weighted by atomic mass is 9.76. The van der Waals surface area contributed by atoms with E-state index in [9.17, 15) is 9.90 Å². The molecule has 2 saturated heterocycles. The van der Waals surface area contributed by atoms with Gasteiger partial charge in [0.25, 0.3) is 0 Å². The van der Waals surface area contributed by atoms with Crippen molar-refractivity contribution in [1.29, 1.82) is 0 Å². The molecular formula is C20H25N3O3. The van der Waals surface area contributed by atoms with Gasteiger partial charge in [0.15, 0.2) is 0 Å². The number of aliphatic carboxylic acids is 1. The van der Waals surface area contributed by atoms with Crippen LogP contribution in [-0.4, -0.2) is 52.1 Å². The average Bonchev–Trinajstić information content (AvgIpc) is 3.15. The minimum absolute atomic E-state index is 0.162. The highest BCUT2D eigenvalue weighted by molar-refractivity contribution is 5.76. The summed E-state index contributed by atoms with van der Waals surface area (Å²) < 4.78 is 7.51. The van der Waals surface area contributed by atoms with Crippen molar-refractivity contribution in [2.24, 2.45) is 11.3 Å². The fraction of sp³-hybridized carbons (Fsp3) is 0.500. The minimum atomic E-state index is -0.759. The second-order valence-electron chi connectivity index (χ2n) is 7.64. The van der Waals surface area contributed by atoms with E-state index in [1.165, 1.54) is 5.56 Å². The lowest BCUT2D eigenvalue weighted by molar-refractivity contribution is -0.159. The molecule has 26 heavy (non-hydrogen) atoms. The maximum absolute atomic E-state index is 12.0. The van der Waals surface area contributed by atoms with E-state index in [0.717, 1.165) is 36.6 Å². The van der Waals surface area contributed by atoms with Crippen LogP contribution in [0.3, 0.4) is 0 Å². The molecule has 3 heterocycles. The summed E-state index contributed by atoms with van der Waals surface area (Å²) in [5.41, 5.74) is 3.56. The number of carboxylic acids is 1. The Morgan fingerprint density at radius 1 is 1.38 bits per heavy atom. The summed E-state index contributed by atoms with van der Waals surface area (Å²) >= 11 is 0. The van der Waals surface area contributed by atoms with Gasteiger partial charge in [-0.3, -0.25) is 9.69 Å². The topological polar surface area (TPSA) is 67.6 Å². The Morgan fingerprint density at radius 2 is 2.19 bits per heavy atom. The number of fused-ring (bicyclic) bond motifs is 1. The van der Waals surface area contributed by atoms with Gasteiger partial charge in [-0.05, 0) is 43.9 Å². The molecule has 138 valence electrons. The van der Waals surface area contributed by atoms with Crippen molar-refractivity contribution in [3.63, 3.8) is 0 Å². The molecular weight excluding hydrogens is 330 g/mol. The first-order valence-corrected chi connectivity index (χ1v) is 9.15. The normalized spacial score (nSPS) is 26.0. The number of aromatic nitrogens is 2. The molecule has 2 atom stereocenters. The molecule has 1 N–H and O–H groups in total. The van der Waals surface area contributed by atoms with Gasteiger partial charge >= 0.3 is 5.97 Å². The molecule has 2 aliphatic rings. The van der Waals surface area contributed by atoms with E-state index in [0.29, 0.717) is 19.8 Å². The number of carbonyl (C=O) groups is 1. The van der Waals surface area contributed by atoms with Crippen LogP contribution in [0.25, 0.3) is 5.69 Å². The Morgan fingerprint density at radius 3 is 2.88 bits per heavy atom. The first-order chi connectivity index (χ1) is 12.5. The van der Waals surface area contributed by atoms with Crippen molar-refractivity contribution >= 4 is 5.97 Å². The SMILES string of the molecule is Cc1cc(C)n(-c2ccccc2CN2C[C@@H]3CCOC[C@]3(C(=O)O)C2)n1. The molecule has 2 fully saturated rings. The number of likely N-dealkylation sites (tertiary alicyclic amines) is 1. The van der Waals surface area contributed by atoms with E-state index in [1.54, 1.807) is 0 Å². The number of ether oxygens (including phenoxy) is 1. The van der Waals surface area contributed by atoms with Crippen LogP contribution in [0.15, 0.2) is 30.3 Å². The van der Waals surface area contributed by atoms with Gasteiger partial charge in [-0.15, -0.1) is 0 Å². The number of carboxylic acid groups (broad SMARTS) is 1. The molecule has 1 aromatic carbocycles. The van der Waals surface area contributed by atoms with E-state index in [-0.39, 0.29) is 5.92 Å². The Labute approximate surface area is 153 Å². The van der Waals surface area contributed by atoms with Crippen LogP contribution < -0.4 is 0 Å². The monoisotopic (exact) mass is 355 g/mol. The number of benzene rings is 1. The van der Waals surface area contributed by atoms with Gasteiger partial charge < -0.3 is 9.84 Å². The van der Waals surface area contributed by atoms with Crippen LogP contribution in [0.1, 0.15) is 23.4 Å². The van der Waals surface area contributed by atoms with E-state index in [4.69, 9.17) is 4.74 Å². The van der Waals surface area contributed by atoms with E-state index in [1.807, 2.05) is 23.7 Å². The number of para-hydroxylation sites is 1. The summed E-state index contributed by atoms with van der Waals surface area (Å²) in [7, 11) is 0. The standard InChI is InChI=1S/C20H25N3O3/c1-14-9-15(2)23(21-14)18-6-4-3-5-16(18)10-22-11-17-7-8-26-13-20(17,12-22)19(24)25/h3-6,9,17H,7-8,10-13H2,1-2H3,(H,24,25)/t17-,20+/m0/s1. The smallest absolute Gasteiger partial charge is 0.313 e. The maximum Gasteiger partial charge on any atom is 0.313 e. The largest absolute Gasteiger partial charge is 0.481 e. The van der Waals surface area contributed by atoms with E-state index in [2.05, 4.69) is 35.1 Å². The molecule has 2 aromatic rings. The predicted molar refractivity (Wildman–Crippen MR) is 97.3 cm³/mol. The van der Waals surface area contributed by atoms with Crippen molar-refractivity contribution in [3.8, 4) is 5.69 Å². The van der Waals surface area contributed by atoms with Crippen LogP contribution in [0.2, 0.25) is 0 Å². The van der Waals surface area contributed by atoms with Crippen molar-refractivity contribution in [1.82, 2.24) is 14.7 Å². The average molecular weight is 355 g/mol. The Balaban J connectivity index is 1.61. The second kappa shape index (κ2) is 6.52. The number of hydrogen-bond acceptors (Lipinski definition) is 4. The lowest BCUT2D eigenvalue weighted by Gasteiger charge is -2.34. The third kappa shape index (κ3) is 2.83. The molecule has 6 nitrogen and oxygen atoms in total. The molecule has 0 saturated carbocycles. The molecule has 1 aromatic heterocycles. The van der Waals surface area contributed by atoms with E-state index >= 15 is 0 Å². The van der Waals surface area contributed by atoms with Crippen molar-refractivity contribution in [2.45, 2.75) is 26.8 Å².